The number of nitrogens with zero attached hydrogens (tertiary/aromatic N) is 5. The Labute approximate surface area is 273 Å². The smallest absolute Gasteiger partial charge is 0.140 e. The number of anilines is 1. The molecule has 5 nitrogen and oxygen atoms in total. The van der Waals surface area contributed by atoms with Gasteiger partial charge < -0.3 is 9.80 Å². The quantitative estimate of drug-likeness (QED) is 0.221. The summed E-state index contributed by atoms with van der Waals surface area (Å²) in [4.78, 5) is 5.35. The van der Waals surface area contributed by atoms with Gasteiger partial charge in [0, 0.05) is 82.8 Å². The Kier molecular flexibility index (Phi) is 12.6. The molecule has 2 aromatic carbocycles. The summed E-state index contributed by atoms with van der Waals surface area (Å²) in [7, 11) is 3.89. The minimum Gasteiger partial charge on any atom is -0.378 e. The van der Waals surface area contributed by atoms with E-state index in [1.807, 2.05) is 49.3 Å². The van der Waals surface area contributed by atoms with Crippen molar-refractivity contribution in [3.05, 3.63) is 70.5 Å². The minimum absolute atomic E-state index is 0.157. The molecule has 0 aromatic heterocycles. The van der Waals surface area contributed by atoms with Gasteiger partial charge >= 0.3 is 0 Å². The normalized spacial score (nSPS) is 21.3. The Hall–Kier alpha value is -1.26. The van der Waals surface area contributed by atoms with Gasteiger partial charge in [0.1, 0.15) is 5.82 Å². The molecular formula is C34H49ClFN5S2. The van der Waals surface area contributed by atoms with Crippen molar-refractivity contribution >= 4 is 41.4 Å². The highest BCUT2D eigenvalue weighted by Gasteiger charge is 2.23. The number of benzene rings is 2. The first-order valence-electron chi connectivity index (χ1n) is 16.1. The van der Waals surface area contributed by atoms with Gasteiger partial charge in [-0.15, -0.1) is 0 Å². The van der Waals surface area contributed by atoms with Crippen molar-refractivity contribution in [1.29, 1.82) is 0 Å². The average Bonchev–Trinajstić information content (AvgIpc) is 2.97. The van der Waals surface area contributed by atoms with Crippen LogP contribution in [0.5, 0.6) is 0 Å². The predicted molar refractivity (Wildman–Crippen MR) is 184 cm³/mol. The molecule has 236 valence electrons. The molecule has 5 rings (SSSR count). The summed E-state index contributed by atoms with van der Waals surface area (Å²) in [6.07, 6.45) is 10.2. The van der Waals surface area contributed by atoms with Gasteiger partial charge in [0.05, 0.1) is 4.90 Å². The lowest BCUT2D eigenvalue weighted by Crippen LogP contribution is -2.37. The summed E-state index contributed by atoms with van der Waals surface area (Å²) in [5.41, 5.74) is 4.81. The Morgan fingerprint density at radius 2 is 1.56 bits per heavy atom. The Morgan fingerprint density at radius 3 is 2.30 bits per heavy atom. The summed E-state index contributed by atoms with van der Waals surface area (Å²) in [5.74, 6) is 0.680. The molecule has 2 aliphatic heterocycles. The van der Waals surface area contributed by atoms with E-state index in [2.05, 4.69) is 36.5 Å². The first kappa shape index (κ1) is 33.1. The van der Waals surface area contributed by atoms with Gasteiger partial charge in [-0.1, -0.05) is 43.5 Å². The van der Waals surface area contributed by atoms with Crippen LogP contribution >= 0.6 is 35.7 Å². The van der Waals surface area contributed by atoms with Crippen LogP contribution in [0.1, 0.15) is 56.1 Å². The lowest BCUT2D eigenvalue weighted by Gasteiger charge is -2.35. The molecule has 2 aromatic rings. The van der Waals surface area contributed by atoms with E-state index < -0.39 is 0 Å². The van der Waals surface area contributed by atoms with Gasteiger partial charge in [0.25, 0.3) is 0 Å². The highest BCUT2D eigenvalue weighted by molar-refractivity contribution is 7.97. The lowest BCUT2D eigenvalue weighted by atomic mass is 9.89. The van der Waals surface area contributed by atoms with E-state index in [0.717, 1.165) is 88.2 Å². The van der Waals surface area contributed by atoms with Crippen LogP contribution in [0.4, 0.5) is 10.1 Å². The molecule has 43 heavy (non-hydrogen) atoms. The zero-order valence-electron chi connectivity index (χ0n) is 26.1. The Morgan fingerprint density at radius 1 is 0.837 bits per heavy atom. The van der Waals surface area contributed by atoms with Gasteiger partial charge in [-0.25, -0.2) is 17.3 Å². The molecule has 3 aliphatic rings. The molecule has 1 saturated carbocycles. The van der Waals surface area contributed by atoms with Crippen molar-refractivity contribution in [3.8, 4) is 0 Å². The molecule has 0 unspecified atom stereocenters. The molecule has 2 fully saturated rings. The largest absolute Gasteiger partial charge is 0.378 e. The maximum absolute atomic E-state index is 15.2. The molecule has 0 atom stereocenters. The summed E-state index contributed by atoms with van der Waals surface area (Å²) >= 11 is 9.69. The fourth-order valence-corrected chi connectivity index (χ4v) is 8.90. The second-order valence-electron chi connectivity index (χ2n) is 12.7. The van der Waals surface area contributed by atoms with Crippen LogP contribution in [0.15, 0.2) is 53.4 Å². The summed E-state index contributed by atoms with van der Waals surface area (Å²) in [5, 5.41) is 0.827. The van der Waals surface area contributed by atoms with Crippen molar-refractivity contribution < 1.29 is 4.39 Å². The molecule has 0 spiro atoms. The fourth-order valence-electron chi connectivity index (χ4n) is 6.53. The lowest BCUT2D eigenvalue weighted by molar-refractivity contribution is 0.189. The second kappa shape index (κ2) is 16.3. The topological polar surface area (TPSA) is 16.2 Å². The van der Waals surface area contributed by atoms with Gasteiger partial charge in [0.2, 0.25) is 0 Å². The predicted octanol–water partition coefficient (Wildman–Crippen LogP) is 8.01. The molecule has 0 radical (unpaired) electrons. The SMILES string of the molecule is C=C1CN(Sc2ccc(N(C)C)cc2F)CCCN(CC2CCCCC2)CCCN(SN2CCc3cc(Cl)ccc3C2)C1. The summed E-state index contributed by atoms with van der Waals surface area (Å²) in [6.45, 7) is 13.4. The maximum Gasteiger partial charge on any atom is 0.140 e. The van der Waals surface area contributed by atoms with E-state index in [0.29, 0.717) is 4.90 Å². The van der Waals surface area contributed by atoms with Crippen LogP contribution in [0, 0.1) is 11.7 Å². The molecular weight excluding hydrogens is 597 g/mol. The van der Waals surface area contributed by atoms with E-state index in [1.165, 1.54) is 55.3 Å². The van der Waals surface area contributed by atoms with Crippen LogP contribution < -0.4 is 4.90 Å². The van der Waals surface area contributed by atoms with Crippen LogP contribution in [0.25, 0.3) is 0 Å². The number of hydrogen-bond acceptors (Lipinski definition) is 7. The number of fused-ring (bicyclic) bond motifs is 1. The molecule has 9 heteroatoms. The van der Waals surface area contributed by atoms with Crippen LogP contribution in [0.2, 0.25) is 5.02 Å². The van der Waals surface area contributed by atoms with Crippen molar-refractivity contribution in [3.63, 3.8) is 0 Å². The maximum atomic E-state index is 15.2. The molecule has 1 saturated heterocycles. The van der Waals surface area contributed by atoms with Gasteiger partial charge in [0.15, 0.2) is 0 Å². The van der Waals surface area contributed by atoms with Crippen molar-refractivity contribution in [2.75, 3.05) is 71.4 Å². The summed E-state index contributed by atoms with van der Waals surface area (Å²) in [6, 6.07) is 11.9. The fraction of sp³-hybridized carbons (Fsp3) is 0.588. The molecule has 0 amide bonds. The van der Waals surface area contributed by atoms with E-state index >= 15 is 4.39 Å². The molecule has 2 heterocycles. The van der Waals surface area contributed by atoms with E-state index in [9.17, 15) is 0 Å². The molecule has 1 aliphatic carbocycles. The zero-order chi connectivity index (χ0) is 30.2. The molecule has 0 bridgehead atoms. The summed E-state index contributed by atoms with van der Waals surface area (Å²) < 4.78 is 22.5. The van der Waals surface area contributed by atoms with Crippen LogP contribution in [-0.2, 0) is 13.0 Å². The first-order chi connectivity index (χ1) is 20.8. The standard InChI is InChI=1S/C34H49ClFN5S2/c1-27-23-39(42-34-14-13-32(37(2)3)22-33(34)36)18-7-16-38(25-28-9-5-4-6-10-28)17-8-19-40(24-27)43-41-20-15-29-21-31(35)12-11-30(29)26-41/h11-14,21-22,28H,1,4-10,15-20,23-26H2,2-3H3. The minimum atomic E-state index is -0.157. The number of halogens is 2. The van der Waals surface area contributed by atoms with Crippen molar-refractivity contribution in [2.24, 2.45) is 5.92 Å². The Balaban J connectivity index is 1.27. The molecule has 0 N–H and O–H groups in total. The van der Waals surface area contributed by atoms with Crippen molar-refractivity contribution in [1.82, 2.24) is 17.8 Å². The highest BCUT2D eigenvalue weighted by atomic mass is 35.5. The first-order valence-corrected chi connectivity index (χ1v) is 17.9. The van der Waals surface area contributed by atoms with Crippen LogP contribution in [-0.4, -0.2) is 84.3 Å². The third-order valence-corrected chi connectivity index (χ3v) is 11.3. The monoisotopic (exact) mass is 645 g/mol. The van der Waals surface area contributed by atoms with E-state index in [4.69, 9.17) is 11.6 Å². The third kappa shape index (κ3) is 10.1. The number of rotatable bonds is 7. The van der Waals surface area contributed by atoms with Crippen molar-refractivity contribution in [2.45, 2.75) is 62.8 Å². The van der Waals surface area contributed by atoms with Gasteiger partial charge in [-0.2, -0.15) is 0 Å². The third-order valence-electron chi connectivity index (χ3n) is 8.84. The van der Waals surface area contributed by atoms with E-state index in [-0.39, 0.29) is 5.82 Å². The number of hydrogen-bond donors (Lipinski definition) is 0. The van der Waals surface area contributed by atoms with Gasteiger partial charge in [-0.3, -0.25) is 0 Å². The highest BCUT2D eigenvalue weighted by Crippen LogP contribution is 2.32. The van der Waals surface area contributed by atoms with Gasteiger partial charge in [-0.05, 0) is 110 Å². The average molecular weight is 646 g/mol. The van der Waals surface area contributed by atoms with Crippen LogP contribution in [0.3, 0.4) is 0 Å². The van der Waals surface area contributed by atoms with E-state index in [1.54, 1.807) is 18.0 Å². The zero-order valence-corrected chi connectivity index (χ0v) is 28.5. The Bertz CT molecular complexity index is 1210. The second-order valence-corrected chi connectivity index (χ2v) is 15.5.